The first-order chi connectivity index (χ1) is 13.4. The number of anilines is 1. The molecule has 142 valence electrons. The second-order valence-electron chi connectivity index (χ2n) is 6.10. The highest BCUT2D eigenvalue weighted by molar-refractivity contribution is 7.12. The van der Waals surface area contributed by atoms with Crippen LogP contribution < -0.4 is 11.1 Å². The lowest BCUT2D eigenvalue weighted by molar-refractivity contribution is -0.119. The lowest BCUT2D eigenvalue weighted by Gasteiger charge is -2.08. The van der Waals surface area contributed by atoms with Gasteiger partial charge in [0.2, 0.25) is 5.91 Å². The molecular weight excluding hydrogens is 376 g/mol. The number of aryl methyl sites for hydroxylation is 1. The van der Waals surface area contributed by atoms with Gasteiger partial charge in [-0.15, -0.1) is 11.3 Å². The summed E-state index contributed by atoms with van der Waals surface area (Å²) in [6.07, 6.45) is 0. The predicted octanol–water partition coefficient (Wildman–Crippen LogP) is 3.62. The summed E-state index contributed by atoms with van der Waals surface area (Å²) < 4.78 is 5.15. The Hall–Kier alpha value is -3.45. The van der Waals surface area contributed by atoms with E-state index >= 15 is 0 Å². The number of primary amides is 1. The molecule has 3 N–H and O–H groups in total. The molecule has 0 aliphatic heterocycles. The maximum Gasteiger partial charge on any atom is 0.349 e. The van der Waals surface area contributed by atoms with E-state index in [4.69, 9.17) is 10.5 Å². The molecular formula is C21H18N2O4S. The monoisotopic (exact) mass is 394 g/mol. The van der Waals surface area contributed by atoms with Crippen LogP contribution in [0.5, 0.6) is 0 Å². The normalized spacial score (nSPS) is 10.3. The number of esters is 1. The van der Waals surface area contributed by atoms with Crippen molar-refractivity contribution in [2.24, 2.45) is 5.73 Å². The Labute approximate surface area is 165 Å². The first-order valence-corrected chi connectivity index (χ1v) is 9.33. The molecule has 28 heavy (non-hydrogen) atoms. The Balaban J connectivity index is 1.60. The Morgan fingerprint density at radius 3 is 2.32 bits per heavy atom. The second-order valence-corrected chi connectivity index (χ2v) is 7.01. The molecule has 0 unspecified atom stereocenters. The summed E-state index contributed by atoms with van der Waals surface area (Å²) in [5.41, 5.74) is 8.80. The summed E-state index contributed by atoms with van der Waals surface area (Å²) >= 11 is 1.27. The first-order valence-electron chi connectivity index (χ1n) is 8.45. The molecule has 0 fully saturated rings. The Morgan fingerprint density at radius 2 is 1.68 bits per heavy atom. The van der Waals surface area contributed by atoms with Gasteiger partial charge in [-0.25, -0.2) is 4.79 Å². The highest BCUT2D eigenvalue weighted by Gasteiger charge is 2.17. The van der Waals surface area contributed by atoms with Gasteiger partial charge in [-0.3, -0.25) is 9.59 Å². The number of nitrogens with one attached hydrogen (secondary N) is 1. The summed E-state index contributed by atoms with van der Waals surface area (Å²) in [6, 6.07) is 15.8. The van der Waals surface area contributed by atoms with Gasteiger partial charge < -0.3 is 15.8 Å². The molecule has 0 saturated carbocycles. The average molecular weight is 394 g/mol. The summed E-state index contributed by atoms with van der Waals surface area (Å²) in [5, 5.41) is 4.41. The van der Waals surface area contributed by atoms with Crippen LogP contribution in [0.25, 0.3) is 11.1 Å². The molecule has 3 rings (SSSR count). The van der Waals surface area contributed by atoms with Gasteiger partial charge in [-0.05, 0) is 48.2 Å². The number of amides is 2. The predicted molar refractivity (Wildman–Crippen MR) is 108 cm³/mol. The Morgan fingerprint density at radius 1 is 1.00 bits per heavy atom. The van der Waals surface area contributed by atoms with Crippen LogP contribution in [0.3, 0.4) is 0 Å². The van der Waals surface area contributed by atoms with Crippen molar-refractivity contribution >= 4 is 34.8 Å². The van der Waals surface area contributed by atoms with Gasteiger partial charge in [0.1, 0.15) is 4.88 Å². The van der Waals surface area contributed by atoms with Crippen molar-refractivity contribution in [2.45, 2.75) is 6.92 Å². The van der Waals surface area contributed by atoms with Gasteiger partial charge in [-0.1, -0.05) is 29.8 Å². The Bertz CT molecular complexity index is 1010. The molecule has 0 bridgehead atoms. The van der Waals surface area contributed by atoms with E-state index in [9.17, 15) is 14.4 Å². The lowest BCUT2D eigenvalue weighted by Crippen LogP contribution is -2.21. The maximum absolute atomic E-state index is 12.4. The minimum atomic E-state index is -0.551. The van der Waals surface area contributed by atoms with Crippen molar-refractivity contribution in [1.82, 2.24) is 0 Å². The van der Waals surface area contributed by atoms with Gasteiger partial charge >= 0.3 is 5.97 Å². The summed E-state index contributed by atoms with van der Waals surface area (Å²) in [7, 11) is 0. The molecule has 0 aliphatic rings. The fourth-order valence-corrected chi connectivity index (χ4v) is 3.35. The van der Waals surface area contributed by atoms with Crippen molar-refractivity contribution in [2.75, 3.05) is 11.9 Å². The van der Waals surface area contributed by atoms with Crippen LogP contribution in [-0.4, -0.2) is 24.4 Å². The summed E-state index contributed by atoms with van der Waals surface area (Å²) in [5.74, 6) is -1.58. The fraction of sp³-hybridized carbons (Fsp3) is 0.0952. The van der Waals surface area contributed by atoms with Gasteiger partial charge in [0.15, 0.2) is 6.61 Å². The molecule has 1 heterocycles. The zero-order valence-electron chi connectivity index (χ0n) is 15.1. The quantitative estimate of drug-likeness (QED) is 0.624. The molecule has 7 heteroatoms. The second kappa shape index (κ2) is 8.49. The number of hydrogen-bond acceptors (Lipinski definition) is 5. The number of nitrogens with two attached hydrogens (primary N) is 1. The molecule has 3 aromatic rings. The molecule has 0 spiro atoms. The van der Waals surface area contributed by atoms with Gasteiger partial charge in [-0.2, -0.15) is 0 Å². The maximum atomic E-state index is 12.4. The highest BCUT2D eigenvalue weighted by Crippen LogP contribution is 2.29. The topological polar surface area (TPSA) is 98.5 Å². The highest BCUT2D eigenvalue weighted by atomic mass is 32.1. The molecule has 0 saturated heterocycles. The van der Waals surface area contributed by atoms with Crippen LogP contribution in [0.1, 0.15) is 25.6 Å². The largest absolute Gasteiger partial charge is 0.451 e. The summed E-state index contributed by atoms with van der Waals surface area (Å²) in [4.78, 5) is 35.9. The third-order valence-electron chi connectivity index (χ3n) is 4.00. The molecule has 2 aromatic carbocycles. The number of ether oxygens (including phenoxy) is 1. The minimum Gasteiger partial charge on any atom is -0.451 e. The number of benzene rings is 2. The van der Waals surface area contributed by atoms with Crippen molar-refractivity contribution in [1.29, 1.82) is 0 Å². The smallest absolute Gasteiger partial charge is 0.349 e. The fourth-order valence-electron chi connectivity index (χ4n) is 2.54. The Kier molecular flexibility index (Phi) is 5.86. The lowest BCUT2D eigenvalue weighted by atomic mass is 10.1. The van der Waals surface area contributed by atoms with Crippen molar-refractivity contribution in [3.63, 3.8) is 0 Å². The van der Waals surface area contributed by atoms with Crippen LogP contribution in [0.15, 0.2) is 60.0 Å². The third kappa shape index (κ3) is 4.63. The first kappa shape index (κ1) is 19.3. The number of carbonyl (C=O) groups excluding carboxylic acids is 3. The molecule has 6 nitrogen and oxygen atoms in total. The molecule has 0 aliphatic carbocycles. The van der Waals surface area contributed by atoms with Crippen molar-refractivity contribution in [3.05, 3.63) is 76.0 Å². The standard InChI is InChI=1S/C21H18N2O4S/c1-13-2-4-14(5-3-13)17-10-11-28-19(17)21(26)27-12-18(24)23-16-8-6-15(7-9-16)20(22)25/h2-11H,12H2,1H3,(H2,22,25)(H,23,24). The number of carbonyl (C=O) groups is 3. The van der Waals surface area contributed by atoms with Crippen LogP contribution in [0, 0.1) is 6.92 Å². The SMILES string of the molecule is Cc1ccc(-c2ccsc2C(=O)OCC(=O)Nc2ccc(C(N)=O)cc2)cc1. The molecule has 1 aromatic heterocycles. The zero-order chi connectivity index (χ0) is 20.1. The van der Waals surface area contributed by atoms with Crippen molar-refractivity contribution in [3.8, 4) is 11.1 Å². The average Bonchev–Trinajstić information content (AvgIpc) is 3.17. The van der Waals surface area contributed by atoms with E-state index in [1.807, 2.05) is 42.6 Å². The van der Waals surface area contributed by atoms with Crippen LogP contribution >= 0.6 is 11.3 Å². The van der Waals surface area contributed by atoms with Crippen LogP contribution in [-0.2, 0) is 9.53 Å². The van der Waals surface area contributed by atoms with Gasteiger partial charge in [0.25, 0.3) is 5.91 Å². The van der Waals surface area contributed by atoms with E-state index in [1.165, 1.54) is 23.5 Å². The van der Waals surface area contributed by atoms with Crippen LogP contribution in [0.2, 0.25) is 0 Å². The van der Waals surface area contributed by atoms with Gasteiger partial charge in [0.05, 0.1) is 0 Å². The molecule has 0 atom stereocenters. The number of hydrogen-bond donors (Lipinski definition) is 2. The van der Waals surface area contributed by atoms with E-state index in [0.717, 1.165) is 16.7 Å². The van der Waals surface area contributed by atoms with E-state index < -0.39 is 24.4 Å². The minimum absolute atomic E-state index is 0.339. The molecule has 2 amide bonds. The number of rotatable bonds is 6. The van der Waals surface area contributed by atoms with Crippen LogP contribution in [0.4, 0.5) is 5.69 Å². The zero-order valence-corrected chi connectivity index (χ0v) is 15.9. The third-order valence-corrected chi connectivity index (χ3v) is 4.90. The summed E-state index contributed by atoms with van der Waals surface area (Å²) in [6.45, 7) is 1.58. The molecule has 0 radical (unpaired) electrons. The van der Waals surface area contributed by atoms with Gasteiger partial charge in [0, 0.05) is 16.8 Å². The van der Waals surface area contributed by atoms with Crippen molar-refractivity contribution < 1.29 is 19.1 Å². The van der Waals surface area contributed by atoms with E-state index in [0.29, 0.717) is 16.1 Å². The van der Waals surface area contributed by atoms with E-state index in [-0.39, 0.29) is 0 Å². The van der Waals surface area contributed by atoms with E-state index in [2.05, 4.69) is 5.32 Å². The number of thiophene rings is 1. The van der Waals surface area contributed by atoms with E-state index in [1.54, 1.807) is 12.1 Å².